The lowest BCUT2D eigenvalue weighted by Gasteiger charge is -2.02. The van der Waals surface area contributed by atoms with E-state index in [9.17, 15) is 4.39 Å². The Balaban J connectivity index is 2.66. The molecule has 1 aromatic rings. The SMILES string of the molecule is CC(C)Cc1ccc(F)cn1. The minimum absolute atomic E-state index is 0.266. The van der Waals surface area contributed by atoms with Crippen molar-refractivity contribution < 1.29 is 4.39 Å². The highest BCUT2D eigenvalue weighted by atomic mass is 19.1. The van der Waals surface area contributed by atoms with E-state index in [2.05, 4.69) is 18.8 Å². The van der Waals surface area contributed by atoms with Crippen molar-refractivity contribution >= 4 is 0 Å². The second kappa shape index (κ2) is 3.46. The Hall–Kier alpha value is -0.920. The normalized spacial score (nSPS) is 10.5. The van der Waals surface area contributed by atoms with Gasteiger partial charge in [-0.2, -0.15) is 0 Å². The van der Waals surface area contributed by atoms with E-state index in [4.69, 9.17) is 0 Å². The fourth-order valence-corrected chi connectivity index (χ4v) is 0.945. The molecule has 0 aliphatic rings. The van der Waals surface area contributed by atoms with Crippen molar-refractivity contribution in [3.63, 3.8) is 0 Å². The third kappa shape index (κ3) is 2.66. The molecule has 0 saturated heterocycles. The van der Waals surface area contributed by atoms with Gasteiger partial charge >= 0.3 is 0 Å². The van der Waals surface area contributed by atoms with Crippen LogP contribution in [-0.4, -0.2) is 4.98 Å². The van der Waals surface area contributed by atoms with Gasteiger partial charge in [0.25, 0.3) is 0 Å². The third-order valence-corrected chi connectivity index (χ3v) is 1.41. The van der Waals surface area contributed by atoms with Crippen molar-refractivity contribution in [1.29, 1.82) is 0 Å². The molecule has 0 unspecified atom stereocenters. The molecule has 0 fully saturated rings. The standard InChI is InChI=1S/C9H12FN/c1-7(2)5-9-4-3-8(10)6-11-9/h3-4,6-7H,5H2,1-2H3. The largest absolute Gasteiger partial charge is 0.258 e. The molecule has 0 bridgehead atoms. The van der Waals surface area contributed by atoms with Crippen LogP contribution < -0.4 is 0 Å². The lowest BCUT2D eigenvalue weighted by molar-refractivity contribution is 0.605. The molecule has 1 aromatic heterocycles. The zero-order chi connectivity index (χ0) is 8.27. The summed E-state index contributed by atoms with van der Waals surface area (Å²) >= 11 is 0. The minimum Gasteiger partial charge on any atom is -0.258 e. The molecule has 1 nitrogen and oxygen atoms in total. The number of aromatic nitrogens is 1. The van der Waals surface area contributed by atoms with Gasteiger partial charge in [-0.05, 0) is 24.5 Å². The summed E-state index contributed by atoms with van der Waals surface area (Å²) in [4.78, 5) is 3.94. The molecular weight excluding hydrogens is 141 g/mol. The summed E-state index contributed by atoms with van der Waals surface area (Å²) in [7, 11) is 0. The fourth-order valence-electron chi connectivity index (χ4n) is 0.945. The van der Waals surface area contributed by atoms with Crippen molar-refractivity contribution in [1.82, 2.24) is 4.98 Å². The summed E-state index contributed by atoms with van der Waals surface area (Å²) in [6, 6.07) is 3.18. The van der Waals surface area contributed by atoms with Crippen LogP contribution in [0.25, 0.3) is 0 Å². The Morgan fingerprint density at radius 2 is 2.18 bits per heavy atom. The molecule has 0 radical (unpaired) electrons. The third-order valence-electron chi connectivity index (χ3n) is 1.41. The van der Waals surface area contributed by atoms with Crippen molar-refractivity contribution in [3.8, 4) is 0 Å². The van der Waals surface area contributed by atoms with Crippen LogP contribution in [-0.2, 0) is 6.42 Å². The van der Waals surface area contributed by atoms with Gasteiger partial charge in [0.05, 0.1) is 6.20 Å². The smallest absolute Gasteiger partial charge is 0.141 e. The van der Waals surface area contributed by atoms with Gasteiger partial charge in [-0.3, -0.25) is 4.98 Å². The topological polar surface area (TPSA) is 12.9 Å². The van der Waals surface area contributed by atoms with Crippen LogP contribution in [0.1, 0.15) is 19.5 Å². The van der Waals surface area contributed by atoms with Crippen LogP contribution in [0, 0.1) is 11.7 Å². The lowest BCUT2D eigenvalue weighted by atomic mass is 10.1. The van der Waals surface area contributed by atoms with Crippen LogP contribution in [0.3, 0.4) is 0 Å². The quantitative estimate of drug-likeness (QED) is 0.635. The average Bonchev–Trinajstić information content (AvgIpc) is 1.93. The molecule has 0 aliphatic heterocycles. The molecule has 0 aliphatic carbocycles. The minimum atomic E-state index is -0.266. The van der Waals surface area contributed by atoms with Gasteiger partial charge in [0.15, 0.2) is 0 Å². The van der Waals surface area contributed by atoms with Gasteiger partial charge in [0, 0.05) is 5.69 Å². The molecule has 0 spiro atoms. The van der Waals surface area contributed by atoms with Crippen molar-refractivity contribution in [2.24, 2.45) is 5.92 Å². The Kier molecular flexibility index (Phi) is 2.58. The summed E-state index contributed by atoms with van der Waals surface area (Å²) in [5, 5.41) is 0. The summed E-state index contributed by atoms with van der Waals surface area (Å²) in [6.45, 7) is 4.23. The van der Waals surface area contributed by atoms with Gasteiger partial charge in [0.1, 0.15) is 5.82 Å². The molecule has 2 heteroatoms. The van der Waals surface area contributed by atoms with Gasteiger partial charge in [-0.25, -0.2) is 4.39 Å². The summed E-state index contributed by atoms with van der Waals surface area (Å²) in [6.07, 6.45) is 2.18. The predicted octanol–water partition coefficient (Wildman–Crippen LogP) is 2.42. The van der Waals surface area contributed by atoms with E-state index in [0.717, 1.165) is 12.1 Å². The number of hydrogen-bond donors (Lipinski definition) is 0. The summed E-state index contributed by atoms with van der Waals surface area (Å²) in [5.74, 6) is 0.311. The van der Waals surface area contributed by atoms with Gasteiger partial charge in [-0.15, -0.1) is 0 Å². The highest BCUT2D eigenvalue weighted by Gasteiger charge is 1.98. The van der Waals surface area contributed by atoms with E-state index >= 15 is 0 Å². The van der Waals surface area contributed by atoms with Crippen molar-refractivity contribution in [2.45, 2.75) is 20.3 Å². The molecule has 11 heavy (non-hydrogen) atoms. The van der Waals surface area contributed by atoms with Crippen LogP contribution in [0.5, 0.6) is 0 Å². The zero-order valence-electron chi connectivity index (χ0n) is 6.84. The Bertz CT molecular complexity index is 216. The van der Waals surface area contributed by atoms with E-state index in [-0.39, 0.29) is 5.82 Å². The maximum Gasteiger partial charge on any atom is 0.141 e. The van der Waals surface area contributed by atoms with Crippen LogP contribution in [0.2, 0.25) is 0 Å². The fraction of sp³-hybridized carbons (Fsp3) is 0.444. The molecule has 1 heterocycles. The predicted molar refractivity (Wildman–Crippen MR) is 42.7 cm³/mol. The molecule has 0 N–H and O–H groups in total. The zero-order valence-corrected chi connectivity index (χ0v) is 6.84. The van der Waals surface area contributed by atoms with E-state index < -0.39 is 0 Å². The molecule has 0 amide bonds. The highest BCUT2D eigenvalue weighted by molar-refractivity contribution is 5.05. The second-order valence-electron chi connectivity index (χ2n) is 3.07. The molecule has 60 valence electrons. The number of rotatable bonds is 2. The first-order valence-electron chi connectivity index (χ1n) is 3.79. The first-order chi connectivity index (χ1) is 5.18. The van der Waals surface area contributed by atoms with Gasteiger partial charge in [0.2, 0.25) is 0 Å². The van der Waals surface area contributed by atoms with Crippen LogP contribution in [0.4, 0.5) is 4.39 Å². The first-order valence-corrected chi connectivity index (χ1v) is 3.79. The monoisotopic (exact) mass is 153 g/mol. The first kappa shape index (κ1) is 8.18. The molecule has 0 aromatic carbocycles. The maximum atomic E-state index is 12.4. The molecular formula is C9H12FN. The number of pyridine rings is 1. The van der Waals surface area contributed by atoms with E-state index in [1.807, 2.05) is 0 Å². The van der Waals surface area contributed by atoms with Crippen LogP contribution in [0.15, 0.2) is 18.3 Å². The number of halogens is 1. The maximum absolute atomic E-state index is 12.4. The Morgan fingerprint density at radius 3 is 2.64 bits per heavy atom. The van der Waals surface area contributed by atoms with E-state index in [1.165, 1.54) is 12.3 Å². The van der Waals surface area contributed by atoms with Crippen LogP contribution >= 0.6 is 0 Å². The number of nitrogens with zero attached hydrogens (tertiary/aromatic N) is 1. The lowest BCUT2D eigenvalue weighted by Crippen LogP contribution is -1.96. The summed E-state index contributed by atoms with van der Waals surface area (Å²) < 4.78 is 12.4. The summed E-state index contributed by atoms with van der Waals surface area (Å²) in [5.41, 5.74) is 0.960. The van der Waals surface area contributed by atoms with E-state index in [1.54, 1.807) is 6.07 Å². The molecule has 0 atom stereocenters. The average molecular weight is 153 g/mol. The van der Waals surface area contributed by atoms with Gasteiger partial charge in [-0.1, -0.05) is 13.8 Å². The second-order valence-corrected chi connectivity index (χ2v) is 3.07. The Labute approximate surface area is 66.3 Å². The van der Waals surface area contributed by atoms with Crippen molar-refractivity contribution in [2.75, 3.05) is 0 Å². The highest BCUT2D eigenvalue weighted by Crippen LogP contribution is 2.04. The Morgan fingerprint density at radius 1 is 1.45 bits per heavy atom. The molecule has 1 rings (SSSR count). The van der Waals surface area contributed by atoms with E-state index in [0.29, 0.717) is 5.92 Å². The van der Waals surface area contributed by atoms with Crippen molar-refractivity contribution in [3.05, 3.63) is 29.8 Å². The van der Waals surface area contributed by atoms with Gasteiger partial charge < -0.3 is 0 Å². The number of hydrogen-bond acceptors (Lipinski definition) is 1. The molecule has 0 saturated carbocycles.